The van der Waals surface area contributed by atoms with Gasteiger partial charge in [-0.3, -0.25) is 15.5 Å². The van der Waals surface area contributed by atoms with Gasteiger partial charge >= 0.3 is 5.69 Å². The van der Waals surface area contributed by atoms with Crippen LogP contribution in [0.2, 0.25) is 0 Å². The van der Waals surface area contributed by atoms with Crippen LogP contribution in [0.4, 0.5) is 17.5 Å². The number of anilines is 2. The molecule has 0 aliphatic heterocycles. The number of hydrogen-bond donors (Lipinski definition) is 2. The molecule has 0 unspecified atom stereocenters. The zero-order valence-electron chi connectivity index (χ0n) is 8.75. The van der Waals surface area contributed by atoms with Crippen molar-refractivity contribution in [2.45, 2.75) is 18.9 Å². The summed E-state index contributed by atoms with van der Waals surface area (Å²) in [4.78, 5) is 19.9. The van der Waals surface area contributed by atoms with Gasteiger partial charge in [0, 0.05) is 13.1 Å². The van der Waals surface area contributed by atoms with Gasteiger partial charge < -0.3 is 4.90 Å². The zero-order valence-corrected chi connectivity index (χ0v) is 8.75. The van der Waals surface area contributed by atoms with Crippen molar-refractivity contribution in [3.05, 3.63) is 16.3 Å². The summed E-state index contributed by atoms with van der Waals surface area (Å²) in [5.41, 5.74) is 2.17. The third-order valence-corrected chi connectivity index (χ3v) is 2.50. The molecular formula is C8H12N6O2. The molecule has 0 radical (unpaired) electrons. The van der Waals surface area contributed by atoms with Gasteiger partial charge in [0.25, 0.3) is 0 Å². The van der Waals surface area contributed by atoms with E-state index >= 15 is 0 Å². The van der Waals surface area contributed by atoms with Gasteiger partial charge in [-0.1, -0.05) is 0 Å². The Morgan fingerprint density at radius 1 is 1.69 bits per heavy atom. The maximum atomic E-state index is 10.8. The van der Waals surface area contributed by atoms with Crippen LogP contribution >= 0.6 is 0 Å². The van der Waals surface area contributed by atoms with Crippen molar-refractivity contribution in [1.29, 1.82) is 0 Å². The van der Waals surface area contributed by atoms with E-state index in [1.807, 2.05) is 0 Å². The number of nitrogen functional groups attached to an aromatic ring is 1. The number of nitrogens with one attached hydrogen (secondary N) is 1. The number of rotatable bonds is 4. The first kappa shape index (κ1) is 10.6. The van der Waals surface area contributed by atoms with Crippen molar-refractivity contribution in [3.63, 3.8) is 0 Å². The molecular weight excluding hydrogens is 212 g/mol. The number of nitrogens with zero attached hydrogens (tertiary/aromatic N) is 4. The van der Waals surface area contributed by atoms with E-state index in [4.69, 9.17) is 5.84 Å². The van der Waals surface area contributed by atoms with Gasteiger partial charge in [0.05, 0.1) is 4.92 Å². The third kappa shape index (κ3) is 1.87. The molecule has 0 atom stereocenters. The maximum Gasteiger partial charge on any atom is 0.329 e. The Labute approximate surface area is 91.6 Å². The molecule has 1 aromatic heterocycles. The van der Waals surface area contributed by atoms with Gasteiger partial charge in [-0.25, -0.2) is 10.8 Å². The van der Waals surface area contributed by atoms with Crippen LogP contribution in [0.5, 0.6) is 0 Å². The van der Waals surface area contributed by atoms with Crippen molar-refractivity contribution in [1.82, 2.24) is 9.97 Å². The number of hydrazine groups is 1. The first-order chi connectivity index (χ1) is 7.63. The van der Waals surface area contributed by atoms with E-state index in [9.17, 15) is 10.1 Å². The molecule has 0 amide bonds. The topological polar surface area (TPSA) is 110 Å². The Hall–Kier alpha value is -1.96. The monoisotopic (exact) mass is 224 g/mol. The van der Waals surface area contributed by atoms with Gasteiger partial charge in [-0.15, -0.1) is 0 Å². The van der Waals surface area contributed by atoms with E-state index in [2.05, 4.69) is 15.4 Å². The van der Waals surface area contributed by atoms with Crippen LogP contribution in [-0.2, 0) is 0 Å². The summed E-state index contributed by atoms with van der Waals surface area (Å²) >= 11 is 0. The summed E-state index contributed by atoms with van der Waals surface area (Å²) in [5.74, 6) is 5.65. The first-order valence-electron chi connectivity index (χ1n) is 4.84. The fourth-order valence-electron chi connectivity index (χ4n) is 1.46. The fourth-order valence-corrected chi connectivity index (χ4v) is 1.46. The number of nitro groups is 1. The molecule has 1 aromatic rings. The highest BCUT2D eigenvalue weighted by atomic mass is 16.6. The minimum Gasteiger partial charge on any atom is -0.351 e. The van der Waals surface area contributed by atoms with Crippen molar-refractivity contribution >= 4 is 17.5 Å². The Bertz CT molecular complexity index is 419. The molecule has 1 aliphatic carbocycles. The van der Waals surface area contributed by atoms with Gasteiger partial charge in [0.1, 0.15) is 6.20 Å². The fraction of sp³-hybridized carbons (Fsp3) is 0.500. The molecule has 86 valence electrons. The highest BCUT2D eigenvalue weighted by Crippen LogP contribution is 2.34. The van der Waals surface area contributed by atoms with Crippen molar-refractivity contribution in [3.8, 4) is 0 Å². The largest absolute Gasteiger partial charge is 0.351 e. The van der Waals surface area contributed by atoms with Crippen molar-refractivity contribution in [2.75, 3.05) is 17.4 Å². The molecule has 1 fully saturated rings. The second kappa shape index (κ2) is 3.89. The second-order valence-electron chi connectivity index (χ2n) is 3.65. The summed E-state index contributed by atoms with van der Waals surface area (Å²) in [6, 6.07) is 0.333. The van der Waals surface area contributed by atoms with Crippen molar-refractivity contribution in [2.24, 2.45) is 5.84 Å². The van der Waals surface area contributed by atoms with Crippen LogP contribution < -0.4 is 16.2 Å². The molecule has 1 heterocycles. The summed E-state index contributed by atoms with van der Waals surface area (Å²) in [5, 5.41) is 10.8. The average molecular weight is 224 g/mol. The molecule has 0 saturated heterocycles. The lowest BCUT2D eigenvalue weighted by Gasteiger charge is -2.17. The number of aromatic nitrogens is 2. The van der Waals surface area contributed by atoms with Crippen LogP contribution in [0, 0.1) is 10.1 Å². The summed E-state index contributed by atoms with van der Waals surface area (Å²) in [7, 11) is 1.79. The molecule has 0 bridgehead atoms. The first-order valence-corrected chi connectivity index (χ1v) is 4.84. The van der Waals surface area contributed by atoms with E-state index in [0.717, 1.165) is 19.0 Å². The zero-order chi connectivity index (χ0) is 11.7. The molecule has 3 N–H and O–H groups in total. The molecule has 1 aliphatic rings. The number of hydrogen-bond acceptors (Lipinski definition) is 7. The Balaban J connectivity index is 2.40. The molecule has 2 rings (SSSR count). The maximum absolute atomic E-state index is 10.8. The molecule has 16 heavy (non-hydrogen) atoms. The predicted molar refractivity (Wildman–Crippen MR) is 57.9 cm³/mol. The van der Waals surface area contributed by atoms with Crippen molar-refractivity contribution < 1.29 is 4.92 Å². The minimum absolute atomic E-state index is 0.103. The molecule has 8 heteroatoms. The van der Waals surface area contributed by atoms with Gasteiger partial charge in [0.2, 0.25) is 11.8 Å². The van der Waals surface area contributed by atoms with Crippen LogP contribution in [0.3, 0.4) is 0 Å². The highest BCUT2D eigenvalue weighted by Gasteiger charge is 2.32. The van der Waals surface area contributed by atoms with Gasteiger partial charge in [-0.05, 0) is 12.8 Å². The molecule has 0 spiro atoms. The van der Waals surface area contributed by atoms with Crippen LogP contribution in [0.1, 0.15) is 12.8 Å². The number of nitrogens with two attached hydrogens (primary N) is 1. The Kier molecular flexibility index (Phi) is 2.57. The lowest BCUT2D eigenvalue weighted by Crippen LogP contribution is -2.23. The van der Waals surface area contributed by atoms with E-state index in [1.54, 1.807) is 11.9 Å². The Morgan fingerprint density at radius 2 is 2.38 bits per heavy atom. The quantitative estimate of drug-likeness (QED) is 0.429. The average Bonchev–Trinajstić information content (AvgIpc) is 3.11. The van der Waals surface area contributed by atoms with E-state index in [1.165, 1.54) is 0 Å². The summed E-state index contributed by atoms with van der Waals surface area (Å²) < 4.78 is 0. The van der Waals surface area contributed by atoms with Crippen LogP contribution in [-0.4, -0.2) is 28.0 Å². The van der Waals surface area contributed by atoms with Gasteiger partial charge in [0.15, 0.2) is 0 Å². The molecule has 1 saturated carbocycles. The summed E-state index contributed by atoms with van der Waals surface area (Å²) in [6.07, 6.45) is 3.22. The van der Waals surface area contributed by atoms with Crippen LogP contribution in [0.25, 0.3) is 0 Å². The van der Waals surface area contributed by atoms with E-state index < -0.39 is 4.92 Å². The molecule has 0 aromatic carbocycles. The lowest BCUT2D eigenvalue weighted by atomic mass is 10.4. The second-order valence-corrected chi connectivity index (χ2v) is 3.65. The predicted octanol–water partition coefficient (Wildman–Crippen LogP) is 0.269. The third-order valence-electron chi connectivity index (χ3n) is 2.50. The van der Waals surface area contributed by atoms with E-state index in [-0.39, 0.29) is 11.6 Å². The SMILES string of the molecule is CN(c1nc(NN)ncc1[N+](=O)[O-])C1CC1. The van der Waals surface area contributed by atoms with E-state index in [0.29, 0.717) is 11.9 Å². The molecule has 8 nitrogen and oxygen atoms in total. The standard InChI is InChI=1S/C8H12N6O2/c1-13(5-2-3-5)7-6(14(15)16)4-10-8(11-7)12-9/h4-5H,2-3,9H2,1H3,(H,10,11,12). The normalized spacial score (nSPS) is 14.6. The Morgan fingerprint density at radius 3 is 2.88 bits per heavy atom. The summed E-state index contributed by atoms with van der Waals surface area (Å²) in [6.45, 7) is 0. The highest BCUT2D eigenvalue weighted by molar-refractivity contribution is 5.59. The van der Waals surface area contributed by atoms with Gasteiger partial charge in [-0.2, -0.15) is 4.98 Å². The van der Waals surface area contributed by atoms with Crippen LogP contribution in [0.15, 0.2) is 6.20 Å². The smallest absolute Gasteiger partial charge is 0.329 e. The minimum atomic E-state index is -0.492. The lowest BCUT2D eigenvalue weighted by molar-refractivity contribution is -0.384.